The molecular weight excluding hydrogens is 763 g/mol. The Labute approximate surface area is 351 Å². The first kappa shape index (κ1) is 42.6. The Kier molecular flexibility index (Phi) is 13.6. The van der Waals surface area contributed by atoms with Gasteiger partial charge in [-0.25, -0.2) is 0 Å². The van der Waals surface area contributed by atoms with Crippen LogP contribution < -0.4 is 9.47 Å². The summed E-state index contributed by atoms with van der Waals surface area (Å²) >= 11 is 0. The van der Waals surface area contributed by atoms with Crippen LogP contribution in [-0.2, 0) is 9.57 Å². The Hall–Kier alpha value is -5.56. The van der Waals surface area contributed by atoms with Gasteiger partial charge in [0.05, 0.1) is 29.2 Å². The summed E-state index contributed by atoms with van der Waals surface area (Å²) in [4.78, 5) is 33.7. The van der Waals surface area contributed by atoms with Gasteiger partial charge < -0.3 is 34.2 Å². The molecule has 0 saturated heterocycles. The molecule has 1 heterocycles. The summed E-state index contributed by atoms with van der Waals surface area (Å²) in [5, 5.41) is 38.1. The number of aliphatic hydroxyl groups excluding tert-OH is 2. The lowest BCUT2D eigenvalue weighted by atomic mass is 9.55. The Balaban J connectivity index is 1.43. The molecule has 2 N–H and O–H groups in total. The number of hydrogen-bond acceptors (Lipinski definition) is 10. The van der Waals surface area contributed by atoms with Crippen LogP contribution in [0.15, 0.2) is 114 Å². The molecule has 4 aromatic rings. The molecule has 7 rings (SSSR count). The highest BCUT2D eigenvalue weighted by atomic mass is 16.7. The number of hydrogen-bond donors (Lipinski definition) is 2. The van der Waals surface area contributed by atoms with Crippen LogP contribution in [0.5, 0.6) is 17.2 Å². The fraction of sp³-hybridized carbons (Fsp3) is 0.417. The highest BCUT2D eigenvalue weighted by Crippen LogP contribution is 2.62. The van der Waals surface area contributed by atoms with Crippen LogP contribution in [0.2, 0.25) is 0 Å². The van der Waals surface area contributed by atoms with Gasteiger partial charge in [-0.15, -0.1) is 6.58 Å². The minimum atomic E-state index is -1.40. The number of unbranched alkanes of at least 4 members (excludes halogenated alkanes) is 2. The van der Waals surface area contributed by atoms with Crippen molar-refractivity contribution in [2.75, 3.05) is 33.5 Å². The van der Waals surface area contributed by atoms with Crippen molar-refractivity contribution in [3.8, 4) is 17.2 Å². The number of nitro benzene ring substituents is 1. The van der Waals surface area contributed by atoms with Crippen molar-refractivity contribution in [2.24, 2.45) is 22.9 Å². The normalized spacial score (nSPS) is 23.5. The number of ether oxygens (including phenoxy) is 3. The van der Waals surface area contributed by atoms with Gasteiger partial charge in [0.1, 0.15) is 30.4 Å². The molecule has 3 aliphatic rings. The van der Waals surface area contributed by atoms with E-state index in [9.17, 15) is 20.3 Å². The van der Waals surface area contributed by atoms with Crippen LogP contribution in [0.1, 0.15) is 80.1 Å². The minimum absolute atomic E-state index is 0.0183. The Bertz CT molecular complexity index is 2240. The van der Waals surface area contributed by atoms with Gasteiger partial charge in [-0.05, 0) is 96.7 Å². The van der Waals surface area contributed by atoms with Crippen molar-refractivity contribution in [1.82, 2.24) is 4.90 Å². The lowest BCUT2D eigenvalue weighted by Crippen LogP contribution is -2.70. The second-order valence-corrected chi connectivity index (χ2v) is 15.9. The highest BCUT2D eigenvalue weighted by molar-refractivity contribution is 6.04. The average molecular weight is 818 g/mol. The molecule has 12 nitrogen and oxygen atoms in total. The molecule has 0 bridgehead atoms. The summed E-state index contributed by atoms with van der Waals surface area (Å²) in [7, 11) is 1.53. The maximum absolute atomic E-state index is 15.1. The molecule has 4 aromatic carbocycles. The van der Waals surface area contributed by atoms with Crippen molar-refractivity contribution in [2.45, 2.75) is 76.0 Å². The van der Waals surface area contributed by atoms with Gasteiger partial charge in [0.15, 0.2) is 0 Å². The molecule has 1 amide bonds. The summed E-state index contributed by atoms with van der Waals surface area (Å²) in [6.07, 6.45) is 9.43. The number of oxime groups is 1. The van der Waals surface area contributed by atoms with Crippen LogP contribution in [0.3, 0.4) is 0 Å². The van der Waals surface area contributed by atoms with Crippen molar-refractivity contribution in [3.63, 3.8) is 0 Å². The lowest BCUT2D eigenvalue weighted by Gasteiger charge is -2.60. The number of nitro groups is 1. The van der Waals surface area contributed by atoms with Gasteiger partial charge >= 0.3 is 0 Å². The topological polar surface area (TPSA) is 153 Å². The quantitative estimate of drug-likeness (QED) is 0.0408. The van der Waals surface area contributed by atoms with E-state index >= 15 is 4.79 Å². The molecule has 12 heteroatoms. The third-order valence-corrected chi connectivity index (χ3v) is 12.2. The highest BCUT2D eigenvalue weighted by Gasteiger charge is 2.65. The monoisotopic (exact) mass is 817 g/mol. The summed E-state index contributed by atoms with van der Waals surface area (Å²) < 4.78 is 20.7. The molecule has 0 aromatic heterocycles. The van der Waals surface area contributed by atoms with E-state index in [1.165, 1.54) is 19.2 Å². The zero-order chi connectivity index (χ0) is 42.2. The number of amides is 1. The molecule has 1 saturated carbocycles. The van der Waals surface area contributed by atoms with Crippen molar-refractivity contribution >= 4 is 28.1 Å². The van der Waals surface area contributed by atoms with E-state index < -0.39 is 22.7 Å². The van der Waals surface area contributed by atoms with Crippen LogP contribution in [-0.4, -0.2) is 77.0 Å². The average Bonchev–Trinajstić information content (AvgIpc) is 3.26. The maximum Gasteiger partial charge on any atom is 0.273 e. The third kappa shape index (κ3) is 8.54. The lowest BCUT2D eigenvalue weighted by molar-refractivity contribution is -0.384. The molecule has 6 atom stereocenters. The molecule has 1 aliphatic heterocycles. The Morgan fingerprint density at radius 3 is 2.48 bits per heavy atom. The smallest absolute Gasteiger partial charge is 0.273 e. The molecule has 0 unspecified atom stereocenters. The molecule has 2 aliphatic carbocycles. The van der Waals surface area contributed by atoms with E-state index in [1.807, 2.05) is 66.4 Å². The fourth-order valence-corrected chi connectivity index (χ4v) is 9.75. The zero-order valence-corrected chi connectivity index (χ0v) is 34.4. The molecular formula is C48H55N3O9. The van der Waals surface area contributed by atoms with Crippen LogP contribution in [0, 0.1) is 27.9 Å². The van der Waals surface area contributed by atoms with Crippen LogP contribution in [0.4, 0.5) is 5.69 Å². The number of benzene rings is 4. The molecule has 0 spiro atoms. The van der Waals surface area contributed by atoms with Crippen molar-refractivity contribution in [3.05, 3.63) is 130 Å². The largest absolute Gasteiger partial charge is 0.459 e. The van der Waals surface area contributed by atoms with Gasteiger partial charge in [-0.2, -0.15) is 0 Å². The van der Waals surface area contributed by atoms with Crippen molar-refractivity contribution in [1.29, 1.82) is 0 Å². The number of fused-ring (bicyclic) bond motifs is 3. The fourth-order valence-electron chi connectivity index (χ4n) is 9.75. The number of rotatable bonds is 19. The Morgan fingerprint density at radius 1 is 0.983 bits per heavy atom. The first-order valence-electron chi connectivity index (χ1n) is 21.1. The van der Waals surface area contributed by atoms with E-state index in [0.29, 0.717) is 60.8 Å². The molecule has 316 valence electrons. The standard InChI is InChI=1S/C48H55N3O9/c1-4-23-50(47(54)35-20-19-32-13-6-7-14-33(32)27-35)44-31-42(49-57-3)40-28-34(15-8-10-24-52)39(18-9-11-25-53)45-41-30-38(59-37-17-12-16-36(29-37)51(55)56)21-22-43(41)60-48(44,46(40)45)58-26-5-2/h5-7,12-14,16-17,19-22,27-30,34,39,44-46,52-53H,2,4,8-11,15,18,23-26,31H2,1,3H3/t34-,39+,44-,45+,46+,48+/m0/s1. The number of non-ortho nitro benzene ring substituents is 1. The molecule has 60 heavy (non-hydrogen) atoms. The second kappa shape index (κ2) is 19.2. The first-order chi connectivity index (χ1) is 29.3. The van der Waals surface area contributed by atoms with E-state index in [-0.39, 0.29) is 49.2 Å². The van der Waals surface area contributed by atoms with Gasteiger partial charge in [-0.1, -0.05) is 73.5 Å². The number of aliphatic hydroxyl groups is 2. The first-order valence-corrected chi connectivity index (χ1v) is 21.1. The molecule has 1 fully saturated rings. The van der Waals surface area contributed by atoms with Gasteiger partial charge in [0.25, 0.3) is 11.6 Å². The number of carbonyl (C=O) groups is 1. The van der Waals surface area contributed by atoms with Crippen LogP contribution >= 0.6 is 0 Å². The van der Waals surface area contributed by atoms with E-state index in [4.69, 9.17) is 19.0 Å². The van der Waals surface area contributed by atoms with Crippen molar-refractivity contribution < 1.29 is 39.0 Å². The van der Waals surface area contributed by atoms with Gasteiger partial charge in [0, 0.05) is 49.3 Å². The summed E-state index contributed by atoms with van der Waals surface area (Å²) in [5.74, 6) is -0.827. The second-order valence-electron chi connectivity index (χ2n) is 15.9. The molecule has 0 radical (unpaired) electrons. The van der Waals surface area contributed by atoms with E-state index in [2.05, 4.69) is 17.8 Å². The summed E-state index contributed by atoms with van der Waals surface area (Å²) in [5.41, 5.74) is 2.99. The maximum atomic E-state index is 15.1. The van der Waals surface area contributed by atoms with E-state index in [1.54, 1.807) is 24.3 Å². The third-order valence-electron chi connectivity index (χ3n) is 12.2. The van der Waals surface area contributed by atoms with Gasteiger partial charge in [-0.3, -0.25) is 14.9 Å². The van der Waals surface area contributed by atoms with E-state index in [0.717, 1.165) is 47.6 Å². The number of carbonyl (C=O) groups excluding carboxylic acids is 1. The SMILES string of the molecule is C=CCO[C@@]12Oc3ccc(Oc4cccc([N+](=O)[O-])c4)cc3[C@H]3[C@H](CCCCO)[C@@H](CCCCO)C=C(C(=NOC)C[C@@H]1N(CCC)C(=O)c1ccc4ccccc4c1)[C@H]32. The van der Waals surface area contributed by atoms with Gasteiger partial charge in [0.2, 0.25) is 5.79 Å². The summed E-state index contributed by atoms with van der Waals surface area (Å²) in [6, 6.07) is 24.8. The Morgan fingerprint density at radius 2 is 1.75 bits per heavy atom. The predicted octanol–water partition coefficient (Wildman–Crippen LogP) is 9.36. The zero-order valence-electron chi connectivity index (χ0n) is 34.4. The van der Waals surface area contributed by atoms with Crippen LogP contribution in [0.25, 0.3) is 10.8 Å². The minimum Gasteiger partial charge on any atom is -0.459 e. The summed E-state index contributed by atoms with van der Waals surface area (Å²) in [6.45, 7) is 6.80. The predicted molar refractivity (Wildman–Crippen MR) is 230 cm³/mol. The number of nitrogens with zero attached hydrogens (tertiary/aromatic N) is 3. The number of allylic oxidation sites excluding steroid dienone is 1.